The topological polar surface area (TPSA) is 75.1 Å². The minimum absolute atomic E-state index is 0.191. The molecule has 0 aliphatic heterocycles. The number of rotatable bonds is 3. The first-order chi connectivity index (χ1) is 9.71. The van der Waals surface area contributed by atoms with E-state index in [2.05, 4.69) is 29.4 Å². The van der Waals surface area contributed by atoms with E-state index in [9.17, 15) is 9.90 Å². The molecule has 5 heteroatoms. The molecule has 0 spiro atoms. The van der Waals surface area contributed by atoms with Crippen LogP contribution in [0.15, 0.2) is 6.07 Å². The molecule has 0 saturated heterocycles. The lowest BCUT2D eigenvalue weighted by molar-refractivity contribution is -0.0233. The number of aliphatic hydroxyl groups is 1. The van der Waals surface area contributed by atoms with Gasteiger partial charge in [-0.05, 0) is 51.0 Å². The first-order valence-electron chi connectivity index (χ1n) is 7.52. The molecule has 116 valence electrons. The number of hydrogen-bond donors (Lipinski definition) is 2. The van der Waals surface area contributed by atoms with Gasteiger partial charge in [-0.25, -0.2) is 0 Å². The Morgan fingerprint density at radius 1 is 1.24 bits per heavy atom. The molecule has 5 nitrogen and oxygen atoms in total. The fraction of sp³-hybridized carbons (Fsp3) is 0.688. The van der Waals surface area contributed by atoms with Gasteiger partial charge in [0.1, 0.15) is 0 Å². The molecule has 1 saturated carbocycles. The Morgan fingerprint density at radius 2 is 1.86 bits per heavy atom. The zero-order valence-corrected chi connectivity index (χ0v) is 13.4. The van der Waals surface area contributed by atoms with Crippen molar-refractivity contribution in [3.63, 3.8) is 0 Å². The van der Waals surface area contributed by atoms with Crippen molar-refractivity contribution in [2.45, 2.75) is 59.0 Å². The Bertz CT molecular complexity index is 530. The molecule has 2 rings (SSSR count). The van der Waals surface area contributed by atoms with E-state index in [1.165, 1.54) is 0 Å². The lowest BCUT2D eigenvalue weighted by Crippen LogP contribution is -2.46. The van der Waals surface area contributed by atoms with Gasteiger partial charge >= 0.3 is 0 Å². The van der Waals surface area contributed by atoms with Crippen LogP contribution in [0.2, 0.25) is 0 Å². The molecular formula is C16H25N3O2. The van der Waals surface area contributed by atoms with Crippen molar-refractivity contribution < 1.29 is 9.90 Å². The average Bonchev–Trinajstić information content (AvgIpc) is 2.43. The SMILES string of the molecule is Cc1cc(C(=O)NCC2(O)CCC(C)(C)CC2)c(C)nn1. The van der Waals surface area contributed by atoms with Gasteiger partial charge in [-0.2, -0.15) is 10.2 Å². The summed E-state index contributed by atoms with van der Waals surface area (Å²) >= 11 is 0. The minimum atomic E-state index is -0.783. The monoisotopic (exact) mass is 291 g/mol. The van der Waals surface area contributed by atoms with Crippen LogP contribution in [0.5, 0.6) is 0 Å². The van der Waals surface area contributed by atoms with Crippen LogP contribution in [0.1, 0.15) is 61.3 Å². The summed E-state index contributed by atoms with van der Waals surface area (Å²) in [5.74, 6) is -0.191. The molecule has 0 radical (unpaired) electrons. The standard InChI is InChI=1S/C16H25N3O2/c1-11-9-13(12(2)19-18-11)14(20)17-10-16(21)7-5-15(3,4)6-8-16/h9,21H,5-8,10H2,1-4H3,(H,17,20). The van der Waals surface area contributed by atoms with Gasteiger partial charge in [-0.15, -0.1) is 0 Å². The average molecular weight is 291 g/mol. The maximum absolute atomic E-state index is 12.2. The van der Waals surface area contributed by atoms with E-state index in [0.717, 1.165) is 25.7 Å². The second-order valence-electron chi connectivity index (χ2n) is 7.06. The van der Waals surface area contributed by atoms with Crippen molar-refractivity contribution in [2.75, 3.05) is 6.54 Å². The second kappa shape index (κ2) is 5.72. The Labute approximate surface area is 126 Å². The van der Waals surface area contributed by atoms with E-state index >= 15 is 0 Å². The fourth-order valence-corrected chi connectivity index (χ4v) is 2.69. The molecular weight excluding hydrogens is 266 g/mol. The van der Waals surface area contributed by atoms with Gasteiger partial charge in [0.2, 0.25) is 0 Å². The Kier molecular flexibility index (Phi) is 4.33. The molecule has 0 unspecified atom stereocenters. The predicted molar refractivity (Wildman–Crippen MR) is 81.0 cm³/mol. The Hall–Kier alpha value is -1.49. The van der Waals surface area contributed by atoms with E-state index in [0.29, 0.717) is 28.9 Å². The van der Waals surface area contributed by atoms with Crippen molar-refractivity contribution in [1.82, 2.24) is 15.5 Å². The highest BCUT2D eigenvalue weighted by Gasteiger charge is 2.36. The molecule has 1 fully saturated rings. The number of carbonyl (C=O) groups is 1. The van der Waals surface area contributed by atoms with Crippen LogP contribution in [0, 0.1) is 19.3 Å². The third kappa shape index (κ3) is 4.00. The summed E-state index contributed by atoms with van der Waals surface area (Å²) in [5, 5.41) is 21.3. The molecule has 0 bridgehead atoms. The van der Waals surface area contributed by atoms with E-state index in [1.54, 1.807) is 19.9 Å². The summed E-state index contributed by atoms with van der Waals surface area (Å²) < 4.78 is 0. The number of nitrogens with one attached hydrogen (secondary N) is 1. The molecule has 1 aliphatic carbocycles. The molecule has 1 aromatic rings. The van der Waals surface area contributed by atoms with Gasteiger partial charge in [0.25, 0.3) is 5.91 Å². The molecule has 2 N–H and O–H groups in total. The van der Waals surface area contributed by atoms with Crippen molar-refractivity contribution in [1.29, 1.82) is 0 Å². The van der Waals surface area contributed by atoms with Crippen molar-refractivity contribution in [3.05, 3.63) is 23.0 Å². The number of aromatic nitrogens is 2. The van der Waals surface area contributed by atoms with E-state index in [-0.39, 0.29) is 5.91 Å². The zero-order valence-electron chi connectivity index (χ0n) is 13.4. The van der Waals surface area contributed by atoms with Gasteiger partial charge in [0, 0.05) is 6.54 Å². The van der Waals surface area contributed by atoms with Crippen LogP contribution >= 0.6 is 0 Å². The van der Waals surface area contributed by atoms with E-state index < -0.39 is 5.60 Å². The van der Waals surface area contributed by atoms with Gasteiger partial charge in [-0.3, -0.25) is 4.79 Å². The molecule has 1 aromatic heterocycles. The van der Waals surface area contributed by atoms with Gasteiger partial charge < -0.3 is 10.4 Å². The summed E-state index contributed by atoms with van der Waals surface area (Å²) in [6.45, 7) is 8.31. The van der Waals surface area contributed by atoms with Crippen LogP contribution in [0.25, 0.3) is 0 Å². The molecule has 1 aliphatic rings. The smallest absolute Gasteiger partial charge is 0.253 e. The van der Waals surface area contributed by atoms with Crippen LogP contribution in [-0.2, 0) is 0 Å². The highest BCUT2D eigenvalue weighted by molar-refractivity contribution is 5.95. The summed E-state index contributed by atoms with van der Waals surface area (Å²) in [6, 6.07) is 1.73. The normalized spacial score (nSPS) is 20.0. The molecule has 21 heavy (non-hydrogen) atoms. The number of amides is 1. The third-order valence-corrected chi connectivity index (χ3v) is 4.46. The number of nitrogens with zero attached hydrogens (tertiary/aromatic N) is 2. The molecule has 1 heterocycles. The van der Waals surface area contributed by atoms with Gasteiger partial charge in [-0.1, -0.05) is 13.8 Å². The van der Waals surface area contributed by atoms with Crippen LogP contribution < -0.4 is 5.32 Å². The maximum atomic E-state index is 12.2. The molecule has 0 atom stereocenters. The highest BCUT2D eigenvalue weighted by Crippen LogP contribution is 2.39. The Morgan fingerprint density at radius 3 is 2.48 bits per heavy atom. The van der Waals surface area contributed by atoms with E-state index in [4.69, 9.17) is 0 Å². The van der Waals surface area contributed by atoms with Crippen LogP contribution in [0.4, 0.5) is 0 Å². The first kappa shape index (κ1) is 15.9. The van der Waals surface area contributed by atoms with Crippen molar-refractivity contribution in [3.8, 4) is 0 Å². The van der Waals surface area contributed by atoms with E-state index in [1.807, 2.05) is 0 Å². The first-order valence-corrected chi connectivity index (χ1v) is 7.52. The lowest BCUT2D eigenvalue weighted by atomic mass is 9.71. The van der Waals surface area contributed by atoms with Crippen LogP contribution in [0.3, 0.4) is 0 Å². The summed E-state index contributed by atoms with van der Waals surface area (Å²) in [4.78, 5) is 12.2. The second-order valence-corrected chi connectivity index (χ2v) is 7.06. The Balaban J connectivity index is 1.97. The summed E-state index contributed by atoms with van der Waals surface area (Å²) in [6.07, 6.45) is 3.42. The van der Waals surface area contributed by atoms with Gasteiger partial charge in [0.05, 0.1) is 22.6 Å². The third-order valence-electron chi connectivity index (χ3n) is 4.46. The summed E-state index contributed by atoms with van der Waals surface area (Å²) in [5.41, 5.74) is 1.36. The maximum Gasteiger partial charge on any atom is 0.253 e. The molecule has 1 amide bonds. The number of carbonyl (C=O) groups excluding carboxylic acids is 1. The zero-order chi connectivity index (χ0) is 15.7. The van der Waals surface area contributed by atoms with Crippen molar-refractivity contribution in [2.24, 2.45) is 5.41 Å². The number of aryl methyl sites for hydroxylation is 2. The quantitative estimate of drug-likeness (QED) is 0.895. The largest absolute Gasteiger partial charge is 0.388 e. The van der Waals surface area contributed by atoms with Crippen molar-refractivity contribution >= 4 is 5.91 Å². The minimum Gasteiger partial charge on any atom is -0.388 e. The predicted octanol–water partition coefficient (Wildman–Crippen LogP) is 2.15. The highest BCUT2D eigenvalue weighted by atomic mass is 16.3. The fourth-order valence-electron chi connectivity index (χ4n) is 2.69. The summed E-state index contributed by atoms with van der Waals surface area (Å²) in [7, 11) is 0. The van der Waals surface area contributed by atoms with Crippen LogP contribution in [-0.4, -0.2) is 33.4 Å². The number of hydrogen-bond acceptors (Lipinski definition) is 4. The van der Waals surface area contributed by atoms with Gasteiger partial charge in [0.15, 0.2) is 0 Å². The lowest BCUT2D eigenvalue weighted by Gasteiger charge is -2.40. The molecule has 0 aromatic carbocycles.